The van der Waals surface area contributed by atoms with E-state index in [-0.39, 0.29) is 11.7 Å². The van der Waals surface area contributed by atoms with Crippen LogP contribution >= 0.6 is 11.6 Å². The van der Waals surface area contributed by atoms with Crippen LogP contribution in [0, 0.1) is 0 Å². The van der Waals surface area contributed by atoms with Gasteiger partial charge in [-0.15, -0.1) is 0 Å². The smallest absolute Gasteiger partial charge is 0.265 e. The molecule has 0 N–H and O–H groups in total. The molecule has 4 heterocycles. The molecular formula is C24H20ClN5O2. The molecule has 160 valence electrons. The number of halogens is 1. The molecule has 5 aromatic rings. The highest BCUT2D eigenvalue weighted by atomic mass is 35.5. The number of fused-ring (bicyclic) bond motifs is 4. The molecule has 1 saturated heterocycles. The maximum Gasteiger partial charge on any atom is 0.265 e. The second-order valence-electron chi connectivity index (χ2n) is 8.10. The highest BCUT2D eigenvalue weighted by Crippen LogP contribution is 2.27. The zero-order valence-electron chi connectivity index (χ0n) is 17.2. The van der Waals surface area contributed by atoms with Gasteiger partial charge in [0.2, 0.25) is 0 Å². The maximum absolute atomic E-state index is 13.6. The van der Waals surface area contributed by atoms with Gasteiger partial charge in [0.05, 0.1) is 36.6 Å². The van der Waals surface area contributed by atoms with Gasteiger partial charge >= 0.3 is 0 Å². The van der Waals surface area contributed by atoms with E-state index in [4.69, 9.17) is 26.3 Å². The van der Waals surface area contributed by atoms with Crippen LogP contribution in [0.15, 0.2) is 59.7 Å². The van der Waals surface area contributed by atoms with Crippen LogP contribution in [0.5, 0.6) is 0 Å². The molecule has 0 bridgehead atoms. The van der Waals surface area contributed by atoms with Crippen LogP contribution in [-0.2, 0) is 17.8 Å². The van der Waals surface area contributed by atoms with Crippen molar-refractivity contribution in [2.75, 3.05) is 6.61 Å². The van der Waals surface area contributed by atoms with Crippen LogP contribution in [0.3, 0.4) is 0 Å². The molecule has 0 amide bonds. The Morgan fingerprint density at radius 2 is 1.81 bits per heavy atom. The number of nitrogens with zero attached hydrogens (tertiary/aromatic N) is 5. The van der Waals surface area contributed by atoms with Crippen molar-refractivity contribution >= 4 is 44.8 Å². The Labute approximate surface area is 188 Å². The molecule has 32 heavy (non-hydrogen) atoms. The molecule has 7 nitrogen and oxygen atoms in total. The Kier molecular flexibility index (Phi) is 4.66. The predicted octanol–water partition coefficient (Wildman–Crippen LogP) is 4.18. The first-order chi connectivity index (χ1) is 15.7. The van der Waals surface area contributed by atoms with E-state index in [1.54, 1.807) is 10.9 Å². The second-order valence-corrected chi connectivity index (χ2v) is 8.51. The monoisotopic (exact) mass is 445 g/mol. The standard InChI is InChI=1S/C24H20ClN5O2/c25-17-8-2-1-6-15(17)12-30-22-20(21-23(30)28-19-10-4-3-9-18(19)27-21)24(31)29(14-26-22)13-16-7-5-11-32-16/h1-4,6,8-10,14,16H,5,7,11-13H2/t16-/m0/s1. The van der Waals surface area contributed by atoms with Crippen molar-refractivity contribution in [2.45, 2.75) is 32.0 Å². The number of aromatic nitrogens is 5. The average molecular weight is 446 g/mol. The summed E-state index contributed by atoms with van der Waals surface area (Å²) < 4.78 is 9.30. The zero-order chi connectivity index (χ0) is 21.7. The topological polar surface area (TPSA) is 74.8 Å². The van der Waals surface area contributed by atoms with Crippen LogP contribution < -0.4 is 5.56 Å². The minimum absolute atomic E-state index is 0.0374. The first kappa shape index (κ1) is 19.4. The largest absolute Gasteiger partial charge is 0.376 e. The lowest BCUT2D eigenvalue weighted by Gasteiger charge is -2.12. The summed E-state index contributed by atoms with van der Waals surface area (Å²) in [6, 6.07) is 15.3. The Balaban J connectivity index is 1.62. The van der Waals surface area contributed by atoms with Crippen molar-refractivity contribution in [3.05, 3.63) is 75.8 Å². The first-order valence-corrected chi connectivity index (χ1v) is 11.1. The quantitative estimate of drug-likeness (QED) is 0.415. The van der Waals surface area contributed by atoms with Crippen molar-refractivity contribution in [1.82, 2.24) is 24.1 Å². The van der Waals surface area contributed by atoms with E-state index in [1.807, 2.05) is 53.1 Å². The number of ether oxygens (including phenoxy) is 1. The Hall–Kier alpha value is -3.29. The predicted molar refractivity (Wildman–Crippen MR) is 124 cm³/mol. The van der Waals surface area contributed by atoms with Gasteiger partial charge in [0.15, 0.2) is 11.3 Å². The summed E-state index contributed by atoms with van der Waals surface area (Å²) in [5.74, 6) is 0. The third-order valence-electron chi connectivity index (χ3n) is 6.03. The summed E-state index contributed by atoms with van der Waals surface area (Å²) in [5.41, 5.74) is 4.05. The van der Waals surface area contributed by atoms with Crippen molar-refractivity contribution in [2.24, 2.45) is 0 Å². The molecule has 8 heteroatoms. The average Bonchev–Trinajstić information content (AvgIpc) is 3.42. The fourth-order valence-electron chi connectivity index (χ4n) is 4.42. The SMILES string of the molecule is O=c1c2c3nc4ccccc4nc3n(Cc3ccccc3Cl)c2ncn1C[C@@H]1CCCO1. The fraction of sp³-hybridized carbons (Fsp3) is 0.250. The van der Waals surface area contributed by atoms with Crippen molar-refractivity contribution < 1.29 is 4.74 Å². The van der Waals surface area contributed by atoms with Gasteiger partial charge in [-0.1, -0.05) is 41.9 Å². The number of benzene rings is 2. The zero-order valence-corrected chi connectivity index (χ0v) is 18.0. The van der Waals surface area contributed by atoms with Gasteiger partial charge in [-0.05, 0) is 36.6 Å². The van der Waals surface area contributed by atoms with Gasteiger partial charge < -0.3 is 9.30 Å². The molecule has 2 aromatic carbocycles. The van der Waals surface area contributed by atoms with Gasteiger partial charge in [0.25, 0.3) is 5.56 Å². The highest BCUT2D eigenvalue weighted by Gasteiger charge is 2.22. The summed E-state index contributed by atoms with van der Waals surface area (Å²) in [4.78, 5) is 27.9. The molecule has 0 spiro atoms. The van der Waals surface area contributed by atoms with Gasteiger partial charge in [-0.2, -0.15) is 0 Å². The molecule has 0 radical (unpaired) electrons. The summed E-state index contributed by atoms with van der Waals surface area (Å²) in [7, 11) is 0. The lowest BCUT2D eigenvalue weighted by Crippen LogP contribution is -2.26. The van der Waals surface area contributed by atoms with Crippen LogP contribution in [0.1, 0.15) is 18.4 Å². The second kappa shape index (κ2) is 7.69. The molecule has 1 aliphatic rings. The molecule has 0 saturated carbocycles. The molecule has 1 aliphatic heterocycles. The number of para-hydroxylation sites is 2. The third-order valence-corrected chi connectivity index (χ3v) is 6.40. The van der Waals surface area contributed by atoms with E-state index in [1.165, 1.54) is 0 Å². The summed E-state index contributed by atoms with van der Waals surface area (Å²) in [5, 5.41) is 1.13. The van der Waals surface area contributed by atoms with Crippen LogP contribution in [0.4, 0.5) is 0 Å². The Bertz CT molecular complexity index is 1530. The van der Waals surface area contributed by atoms with Crippen LogP contribution in [-0.4, -0.2) is 36.8 Å². The maximum atomic E-state index is 13.6. The van der Waals surface area contributed by atoms with E-state index < -0.39 is 0 Å². The molecule has 3 aromatic heterocycles. The summed E-state index contributed by atoms with van der Waals surface area (Å²) in [6.45, 7) is 1.67. The van der Waals surface area contributed by atoms with E-state index in [2.05, 4.69) is 4.98 Å². The van der Waals surface area contributed by atoms with Crippen LogP contribution in [0.25, 0.3) is 33.2 Å². The number of rotatable bonds is 4. The summed E-state index contributed by atoms with van der Waals surface area (Å²) in [6.07, 6.45) is 3.61. The van der Waals surface area contributed by atoms with Crippen molar-refractivity contribution in [1.29, 1.82) is 0 Å². The molecule has 1 atom stereocenters. The third kappa shape index (κ3) is 3.16. The van der Waals surface area contributed by atoms with Crippen molar-refractivity contribution in [3.8, 4) is 0 Å². The highest BCUT2D eigenvalue weighted by molar-refractivity contribution is 6.31. The minimum atomic E-state index is -0.127. The van der Waals surface area contributed by atoms with Crippen molar-refractivity contribution in [3.63, 3.8) is 0 Å². The van der Waals surface area contributed by atoms with Gasteiger partial charge in [0.1, 0.15) is 10.9 Å². The van der Waals surface area contributed by atoms with Gasteiger partial charge in [0, 0.05) is 11.6 Å². The Morgan fingerprint density at radius 3 is 2.59 bits per heavy atom. The molecule has 0 unspecified atom stereocenters. The van der Waals surface area contributed by atoms with E-state index >= 15 is 0 Å². The molecular weight excluding hydrogens is 426 g/mol. The van der Waals surface area contributed by atoms with Gasteiger partial charge in [-0.25, -0.2) is 15.0 Å². The minimum Gasteiger partial charge on any atom is -0.376 e. The van der Waals surface area contributed by atoms with Crippen LogP contribution in [0.2, 0.25) is 5.02 Å². The Morgan fingerprint density at radius 1 is 1.03 bits per heavy atom. The van der Waals surface area contributed by atoms with E-state index in [9.17, 15) is 4.79 Å². The lowest BCUT2D eigenvalue weighted by molar-refractivity contribution is 0.0960. The molecule has 6 rings (SSSR count). The van der Waals surface area contributed by atoms with Gasteiger partial charge in [-0.3, -0.25) is 9.36 Å². The molecule has 1 fully saturated rings. The number of hydrogen-bond donors (Lipinski definition) is 0. The first-order valence-electron chi connectivity index (χ1n) is 10.7. The summed E-state index contributed by atoms with van der Waals surface area (Å²) >= 11 is 6.44. The fourth-order valence-corrected chi connectivity index (χ4v) is 4.62. The van der Waals surface area contributed by atoms with E-state index in [0.29, 0.717) is 40.3 Å². The molecule has 0 aliphatic carbocycles. The lowest BCUT2D eigenvalue weighted by atomic mass is 10.2. The van der Waals surface area contributed by atoms with E-state index in [0.717, 1.165) is 36.0 Å². The normalized spacial score (nSPS) is 16.5. The number of hydrogen-bond acceptors (Lipinski definition) is 5.